The van der Waals surface area contributed by atoms with E-state index < -0.39 is 9.05 Å². The van der Waals surface area contributed by atoms with Crippen molar-refractivity contribution in [3.8, 4) is 0 Å². The molecule has 0 fully saturated rings. The number of hydrogen-bond donors (Lipinski definition) is 2. The average molecular weight is 321 g/mol. The van der Waals surface area contributed by atoms with Crippen LogP contribution >= 0.6 is 0 Å². The summed E-state index contributed by atoms with van der Waals surface area (Å²) in [5.74, 6) is 0. The van der Waals surface area contributed by atoms with Crippen molar-refractivity contribution in [2.24, 2.45) is 0 Å². The molecule has 0 aromatic carbocycles. The molecule has 0 aromatic rings. The quantitative estimate of drug-likeness (QED) is 0.579. The Balaban J connectivity index is 0. The summed E-state index contributed by atoms with van der Waals surface area (Å²) in [6.45, 7) is 0. The van der Waals surface area contributed by atoms with Crippen LogP contribution in [0.4, 0.5) is 0 Å². The molecule has 0 aliphatic rings. The van der Waals surface area contributed by atoms with Gasteiger partial charge in [0.2, 0.25) is 0 Å². The van der Waals surface area contributed by atoms with Crippen molar-refractivity contribution in [3.63, 3.8) is 0 Å². The first kappa shape index (κ1) is 10.2. The summed E-state index contributed by atoms with van der Waals surface area (Å²) in [5, 5.41) is 0. The third-order valence-electron chi connectivity index (χ3n) is 0. The second-order valence-electron chi connectivity index (χ2n) is 0.448. The van der Waals surface area contributed by atoms with E-state index in [4.69, 9.17) is 13.3 Å². The van der Waals surface area contributed by atoms with Gasteiger partial charge >= 0.3 is 0 Å². The second kappa shape index (κ2) is 3.24. The van der Waals surface area contributed by atoms with Gasteiger partial charge in [-0.1, -0.05) is 0 Å². The van der Waals surface area contributed by atoms with Crippen molar-refractivity contribution in [1.29, 1.82) is 0 Å². The largest absolute Gasteiger partial charge is 0.285 e. The minimum atomic E-state index is -3.83. The molecule has 0 saturated carbocycles. The summed E-state index contributed by atoms with van der Waals surface area (Å²) in [6, 6.07) is 0. The molecule has 0 aromatic heterocycles. The van der Waals surface area contributed by atoms with E-state index in [1.165, 1.54) is 0 Å². The maximum atomic E-state index is 9.11. The van der Waals surface area contributed by atoms with Crippen LogP contribution in [0.3, 0.4) is 0 Å². The van der Waals surface area contributed by atoms with Gasteiger partial charge in [0.05, 0.1) is 0 Å². The van der Waals surface area contributed by atoms with E-state index in [-0.39, 0.29) is 27.3 Å². The molecule has 0 atom stereocenters. The second-order valence-corrected chi connectivity index (χ2v) is 2.65. The number of rotatable bonds is 0. The van der Waals surface area contributed by atoms with Crippen LogP contribution in [-0.2, 0) is 20.2 Å². The van der Waals surface area contributed by atoms with Crippen LogP contribution in [0, 0.1) is 0 Å². The maximum absolute atomic E-state index is 9.11. The minimum absolute atomic E-state index is 0. The van der Waals surface area contributed by atoms with Gasteiger partial charge in [-0.2, -0.15) is 4.21 Å². The summed E-state index contributed by atoms with van der Waals surface area (Å²) in [6.07, 6.45) is 0. The molecule has 3 nitrogen and oxygen atoms in total. The van der Waals surface area contributed by atoms with E-state index >= 15 is 0 Å². The van der Waals surface area contributed by atoms with Gasteiger partial charge in [0, 0.05) is 38.5 Å². The third-order valence-corrected chi connectivity index (χ3v) is 0. The Morgan fingerprint density at radius 3 is 1.50 bits per heavy atom. The molecule has 0 rings (SSSR count). The fourth-order valence-electron chi connectivity index (χ4n) is 0. The van der Waals surface area contributed by atoms with Crippen molar-refractivity contribution in [2.75, 3.05) is 0 Å². The SMILES string of the molecule is O=S(O)(O)=S.[Pb]. The third kappa shape index (κ3) is 62.9. The van der Waals surface area contributed by atoms with Gasteiger partial charge < -0.3 is 0 Å². The van der Waals surface area contributed by atoms with Crippen LogP contribution in [0.15, 0.2) is 0 Å². The average Bonchev–Trinajstić information content (AvgIpc) is 0.722. The van der Waals surface area contributed by atoms with E-state index in [0.29, 0.717) is 0 Å². The summed E-state index contributed by atoms with van der Waals surface area (Å²) < 4.78 is 24.0. The smallest absolute Gasteiger partial charge is 0.263 e. The van der Waals surface area contributed by atoms with E-state index in [9.17, 15) is 0 Å². The topological polar surface area (TPSA) is 57.5 Å². The van der Waals surface area contributed by atoms with E-state index in [0.717, 1.165) is 0 Å². The fraction of sp³-hybridized carbons (Fsp3) is 0. The van der Waals surface area contributed by atoms with Gasteiger partial charge in [-0.05, 0) is 0 Å². The molecule has 0 aliphatic heterocycles. The molecule has 0 spiro atoms. The zero-order valence-electron chi connectivity index (χ0n) is 2.62. The molecule has 6 heavy (non-hydrogen) atoms. The fourth-order valence-corrected chi connectivity index (χ4v) is 0. The van der Waals surface area contributed by atoms with Gasteiger partial charge in [-0.25, -0.2) is 0 Å². The Labute approximate surface area is 60.6 Å². The Morgan fingerprint density at radius 1 is 1.50 bits per heavy atom. The van der Waals surface area contributed by atoms with Gasteiger partial charge in [0.15, 0.2) is 0 Å². The van der Waals surface area contributed by atoms with Crippen molar-refractivity contribution < 1.29 is 13.3 Å². The van der Waals surface area contributed by atoms with Crippen LogP contribution in [0.5, 0.6) is 0 Å². The van der Waals surface area contributed by atoms with E-state index in [1.54, 1.807) is 0 Å². The molecule has 0 saturated heterocycles. The standard InChI is InChI=1S/H2O3S2.Pb/c1-5(2,3)4;/h(H2,1,2,3,4);. The predicted molar refractivity (Wildman–Crippen MR) is 26.5 cm³/mol. The monoisotopic (exact) mass is 322 g/mol. The van der Waals surface area contributed by atoms with Crippen LogP contribution in [0.1, 0.15) is 0 Å². The zero-order chi connectivity index (χ0) is 4.50. The molecule has 4 radical (unpaired) electrons. The van der Waals surface area contributed by atoms with Gasteiger partial charge in [-0.3, -0.25) is 9.11 Å². The van der Waals surface area contributed by atoms with Crippen molar-refractivity contribution in [2.45, 2.75) is 0 Å². The minimum Gasteiger partial charge on any atom is -0.285 e. The first-order chi connectivity index (χ1) is 2.00. The Morgan fingerprint density at radius 2 is 1.50 bits per heavy atom. The first-order valence-corrected chi connectivity index (χ1v) is 3.10. The molecule has 2 N–H and O–H groups in total. The summed E-state index contributed by atoms with van der Waals surface area (Å²) in [5.41, 5.74) is 0. The van der Waals surface area contributed by atoms with E-state index in [2.05, 4.69) is 11.2 Å². The summed E-state index contributed by atoms with van der Waals surface area (Å²) in [7, 11) is -3.83. The molecular weight excluding hydrogens is 319 g/mol. The number of hydrogen-bond acceptors (Lipinski definition) is 2. The van der Waals surface area contributed by atoms with Crippen LogP contribution in [0.2, 0.25) is 0 Å². The molecule has 0 bridgehead atoms. The predicted octanol–water partition coefficient (Wildman–Crippen LogP) is -0.702. The van der Waals surface area contributed by atoms with Crippen molar-refractivity contribution in [3.05, 3.63) is 0 Å². The van der Waals surface area contributed by atoms with Crippen LogP contribution < -0.4 is 0 Å². The zero-order valence-corrected chi connectivity index (χ0v) is 8.14. The van der Waals surface area contributed by atoms with Crippen LogP contribution in [0.25, 0.3) is 0 Å². The molecule has 0 aliphatic carbocycles. The van der Waals surface area contributed by atoms with Crippen LogP contribution in [-0.4, -0.2) is 40.6 Å². The molecule has 6 heteroatoms. The summed E-state index contributed by atoms with van der Waals surface area (Å²) >= 11 is 3.47. The van der Waals surface area contributed by atoms with Gasteiger partial charge in [0.1, 0.15) is 0 Å². The molecule has 0 unspecified atom stereocenters. The maximum Gasteiger partial charge on any atom is 0.263 e. The normalized spacial score (nSPS) is 9.67. The Hall–Kier alpha value is 1.21. The Kier molecular flexibility index (Phi) is 5.54. The molecule has 36 valence electrons. The molecular formula is H2O3PbS2. The van der Waals surface area contributed by atoms with Crippen molar-refractivity contribution >= 4 is 47.5 Å². The van der Waals surface area contributed by atoms with Gasteiger partial charge in [0.25, 0.3) is 9.05 Å². The summed E-state index contributed by atoms with van der Waals surface area (Å²) in [4.78, 5) is 0. The van der Waals surface area contributed by atoms with E-state index in [1.807, 2.05) is 0 Å². The van der Waals surface area contributed by atoms with Gasteiger partial charge in [-0.15, -0.1) is 0 Å². The van der Waals surface area contributed by atoms with Crippen molar-refractivity contribution in [1.82, 2.24) is 0 Å². The Bertz CT molecular complexity index is 92.0. The molecule has 0 heterocycles. The first-order valence-electron chi connectivity index (χ1n) is 0.698. The molecule has 0 amide bonds.